The zero-order valence-electron chi connectivity index (χ0n) is 19.4. The van der Waals surface area contributed by atoms with E-state index in [-0.39, 0.29) is 38.1 Å². The van der Waals surface area contributed by atoms with Crippen molar-refractivity contribution in [3.05, 3.63) is 72.6 Å². The van der Waals surface area contributed by atoms with Crippen molar-refractivity contribution in [3.63, 3.8) is 0 Å². The molecular formula is C26H23BrCl3F3N2O2. The van der Waals surface area contributed by atoms with Crippen LogP contribution in [0.3, 0.4) is 0 Å². The first kappa shape index (κ1) is 28.3. The minimum Gasteiger partial charge on any atom is -0.351 e. The minimum absolute atomic E-state index is 0.0150. The average Bonchev–Trinajstić information content (AvgIpc) is 3.41. The van der Waals surface area contributed by atoms with Gasteiger partial charge in [0.05, 0.1) is 26.5 Å². The quantitative estimate of drug-likeness (QED) is 0.301. The van der Waals surface area contributed by atoms with Crippen molar-refractivity contribution >= 4 is 68.6 Å². The molecule has 4 nitrogen and oxygen atoms in total. The van der Waals surface area contributed by atoms with Gasteiger partial charge in [-0.1, -0.05) is 65.9 Å². The van der Waals surface area contributed by atoms with Crippen molar-refractivity contribution < 1.29 is 22.8 Å². The van der Waals surface area contributed by atoms with Crippen LogP contribution in [0.1, 0.15) is 65.9 Å². The van der Waals surface area contributed by atoms with E-state index in [2.05, 4.69) is 26.6 Å². The fourth-order valence-corrected chi connectivity index (χ4v) is 5.59. The third-order valence-electron chi connectivity index (χ3n) is 6.66. The number of nitrogens with one attached hydrogen (secondary N) is 2. The minimum atomic E-state index is -4.61. The van der Waals surface area contributed by atoms with Crippen molar-refractivity contribution in [2.24, 2.45) is 0 Å². The molecule has 4 rings (SSSR count). The second-order valence-electron chi connectivity index (χ2n) is 9.41. The largest absolute Gasteiger partial charge is 0.399 e. The van der Waals surface area contributed by atoms with Crippen LogP contribution in [0.5, 0.6) is 0 Å². The SMILES string of the molecule is O=C(NC1(C(=O)NC2CCCC2)CC1)c1ccc(/C=C/C(c2cc(Cl)c(Cl)c(Cl)c2)C(F)(F)F)cc1Br. The normalized spacial score (nSPS) is 18.1. The molecule has 2 amide bonds. The number of rotatable bonds is 7. The Morgan fingerprint density at radius 1 is 1.05 bits per heavy atom. The van der Waals surface area contributed by atoms with Crippen LogP contribution in [0.2, 0.25) is 15.1 Å². The molecule has 0 saturated heterocycles. The highest BCUT2D eigenvalue weighted by Gasteiger charge is 2.51. The number of hydrogen-bond acceptors (Lipinski definition) is 2. The zero-order valence-corrected chi connectivity index (χ0v) is 23.3. The Bertz CT molecular complexity index is 1220. The van der Waals surface area contributed by atoms with Crippen LogP contribution in [0.4, 0.5) is 13.2 Å². The third kappa shape index (κ3) is 6.64. The van der Waals surface area contributed by atoms with Gasteiger partial charge in [0, 0.05) is 10.5 Å². The van der Waals surface area contributed by atoms with Crippen LogP contribution in [0.15, 0.2) is 40.9 Å². The topological polar surface area (TPSA) is 58.2 Å². The lowest BCUT2D eigenvalue weighted by Gasteiger charge is -2.20. The van der Waals surface area contributed by atoms with Crippen LogP contribution in [-0.2, 0) is 4.79 Å². The maximum absolute atomic E-state index is 13.8. The first-order valence-corrected chi connectivity index (χ1v) is 13.6. The molecule has 37 heavy (non-hydrogen) atoms. The molecule has 2 saturated carbocycles. The molecule has 0 bridgehead atoms. The van der Waals surface area contributed by atoms with E-state index in [9.17, 15) is 22.8 Å². The predicted octanol–water partition coefficient (Wildman–Crippen LogP) is 8.09. The van der Waals surface area contributed by atoms with Crippen LogP contribution < -0.4 is 10.6 Å². The Hall–Kier alpha value is -1.74. The lowest BCUT2D eigenvalue weighted by molar-refractivity contribution is -0.139. The third-order valence-corrected chi connectivity index (χ3v) is 8.52. The highest BCUT2D eigenvalue weighted by molar-refractivity contribution is 9.10. The fraction of sp³-hybridized carbons (Fsp3) is 0.385. The smallest absolute Gasteiger partial charge is 0.351 e. The number of amides is 2. The Morgan fingerprint density at radius 2 is 1.68 bits per heavy atom. The molecule has 198 valence electrons. The summed E-state index contributed by atoms with van der Waals surface area (Å²) in [7, 11) is 0. The Morgan fingerprint density at radius 3 is 2.22 bits per heavy atom. The highest BCUT2D eigenvalue weighted by atomic mass is 79.9. The van der Waals surface area contributed by atoms with Gasteiger partial charge in [-0.2, -0.15) is 13.2 Å². The van der Waals surface area contributed by atoms with Gasteiger partial charge in [-0.15, -0.1) is 0 Å². The second kappa shape index (κ2) is 11.2. The van der Waals surface area contributed by atoms with Crippen molar-refractivity contribution in [3.8, 4) is 0 Å². The van der Waals surface area contributed by atoms with Gasteiger partial charge in [0.15, 0.2) is 0 Å². The Kier molecular flexibility index (Phi) is 8.53. The van der Waals surface area contributed by atoms with Gasteiger partial charge in [-0.25, -0.2) is 0 Å². The summed E-state index contributed by atoms with van der Waals surface area (Å²) >= 11 is 21.1. The number of allylic oxidation sites excluding steroid dienone is 1. The summed E-state index contributed by atoms with van der Waals surface area (Å²) in [5.74, 6) is -2.57. The summed E-state index contributed by atoms with van der Waals surface area (Å²) in [5.41, 5.74) is -0.341. The number of carbonyl (C=O) groups is 2. The number of halogens is 7. The summed E-state index contributed by atoms with van der Waals surface area (Å²) in [6.07, 6.45) is 2.88. The van der Waals surface area contributed by atoms with Gasteiger partial charge in [-0.3, -0.25) is 9.59 Å². The van der Waals surface area contributed by atoms with Gasteiger partial charge < -0.3 is 10.6 Å². The van der Waals surface area contributed by atoms with Crippen molar-refractivity contribution in [2.45, 2.75) is 62.2 Å². The number of alkyl halides is 3. The van der Waals surface area contributed by atoms with Gasteiger partial charge in [0.1, 0.15) is 5.54 Å². The first-order chi connectivity index (χ1) is 17.4. The molecule has 1 unspecified atom stereocenters. The summed E-state index contributed by atoms with van der Waals surface area (Å²) in [5, 5.41) is 5.71. The molecular weight excluding hydrogens is 616 g/mol. The molecule has 2 aromatic rings. The number of hydrogen-bond donors (Lipinski definition) is 2. The molecule has 2 aliphatic carbocycles. The molecule has 0 heterocycles. The molecule has 0 aromatic heterocycles. The van der Waals surface area contributed by atoms with E-state index in [1.54, 1.807) is 6.07 Å². The number of carbonyl (C=O) groups excluding carboxylic acids is 2. The molecule has 1 atom stereocenters. The summed E-state index contributed by atoms with van der Waals surface area (Å²) < 4.78 is 41.8. The molecule has 2 aromatic carbocycles. The highest BCUT2D eigenvalue weighted by Crippen LogP contribution is 2.41. The van der Waals surface area contributed by atoms with Crippen LogP contribution in [0, 0.1) is 0 Å². The lowest BCUT2D eigenvalue weighted by Crippen LogP contribution is -2.51. The molecule has 0 aliphatic heterocycles. The predicted molar refractivity (Wildman–Crippen MR) is 143 cm³/mol. The molecule has 0 radical (unpaired) electrons. The molecule has 2 N–H and O–H groups in total. The van der Waals surface area contributed by atoms with Crippen LogP contribution in [0.25, 0.3) is 6.08 Å². The van der Waals surface area contributed by atoms with E-state index < -0.39 is 23.5 Å². The van der Waals surface area contributed by atoms with Gasteiger partial charge in [-0.05, 0) is 77.0 Å². The van der Waals surface area contributed by atoms with E-state index in [0.717, 1.165) is 43.9 Å². The Labute approximate surface area is 236 Å². The standard InChI is InChI=1S/C26H23BrCl3F3N2O2/c27-19-11-14(6-8-18(26(31,32)33)15-12-20(28)22(30)21(29)13-15)5-7-17(19)23(36)35-25(9-10-25)24(37)34-16-3-1-2-4-16/h5-8,11-13,16,18H,1-4,9-10H2,(H,34,37)(H,35,36)/b8-6+. The van der Waals surface area contributed by atoms with Gasteiger partial charge in [0.25, 0.3) is 5.91 Å². The summed E-state index contributed by atoms with van der Waals surface area (Å²) in [6.45, 7) is 0. The number of benzene rings is 2. The van der Waals surface area contributed by atoms with E-state index in [1.165, 1.54) is 18.2 Å². The second-order valence-corrected chi connectivity index (χ2v) is 11.5. The van der Waals surface area contributed by atoms with Crippen molar-refractivity contribution in [1.29, 1.82) is 0 Å². The molecule has 2 fully saturated rings. The summed E-state index contributed by atoms with van der Waals surface area (Å²) in [6, 6.07) is 7.00. The van der Waals surface area contributed by atoms with E-state index in [0.29, 0.717) is 22.9 Å². The zero-order chi connectivity index (χ0) is 27.0. The van der Waals surface area contributed by atoms with Gasteiger partial charge >= 0.3 is 6.18 Å². The van der Waals surface area contributed by atoms with Gasteiger partial charge in [0.2, 0.25) is 5.91 Å². The first-order valence-electron chi connectivity index (χ1n) is 11.7. The van der Waals surface area contributed by atoms with Crippen molar-refractivity contribution in [1.82, 2.24) is 10.6 Å². The molecule has 2 aliphatic rings. The average molecular weight is 639 g/mol. The Balaban J connectivity index is 1.48. The maximum atomic E-state index is 13.8. The van der Waals surface area contributed by atoms with Crippen molar-refractivity contribution in [2.75, 3.05) is 0 Å². The van der Waals surface area contributed by atoms with Crippen LogP contribution >= 0.6 is 50.7 Å². The lowest BCUT2D eigenvalue weighted by atomic mass is 9.97. The maximum Gasteiger partial charge on any atom is 0.399 e. The van der Waals surface area contributed by atoms with Crippen LogP contribution in [-0.4, -0.2) is 29.6 Å². The van der Waals surface area contributed by atoms with E-state index in [4.69, 9.17) is 34.8 Å². The van der Waals surface area contributed by atoms with E-state index in [1.807, 2.05) is 0 Å². The van der Waals surface area contributed by atoms with E-state index >= 15 is 0 Å². The summed E-state index contributed by atoms with van der Waals surface area (Å²) in [4.78, 5) is 25.7. The molecule has 11 heteroatoms. The molecule has 0 spiro atoms. The fourth-order valence-electron chi connectivity index (χ4n) is 4.40. The monoisotopic (exact) mass is 636 g/mol.